The summed E-state index contributed by atoms with van der Waals surface area (Å²) in [5.74, 6) is 0.656. The summed E-state index contributed by atoms with van der Waals surface area (Å²) in [5.41, 5.74) is 0.215. The summed E-state index contributed by atoms with van der Waals surface area (Å²) in [6.07, 6.45) is 4.02. The Balaban J connectivity index is 3.86. The van der Waals surface area contributed by atoms with E-state index in [9.17, 15) is 0 Å². The maximum atomic E-state index is 3.33. The summed E-state index contributed by atoms with van der Waals surface area (Å²) in [7, 11) is 0. The van der Waals surface area contributed by atoms with Crippen molar-refractivity contribution in [2.45, 2.75) is 40.2 Å². The van der Waals surface area contributed by atoms with Crippen LogP contribution in [0.15, 0.2) is 12.3 Å². The molecule has 0 unspecified atom stereocenters. The van der Waals surface area contributed by atoms with Gasteiger partial charge in [0.2, 0.25) is 0 Å². The molecule has 1 nitrogen and oxygen atoms in total. The largest absolute Gasteiger partial charge is 0.386 e. The molecule has 0 aromatic carbocycles. The number of nitrogens with one attached hydrogen (secondary N) is 1. The number of rotatable bonds is 3. The Labute approximate surface area is 64.5 Å². The molecule has 0 aromatic heterocycles. The van der Waals surface area contributed by atoms with E-state index < -0.39 is 0 Å². The van der Waals surface area contributed by atoms with Crippen LogP contribution in [0.5, 0.6) is 0 Å². The van der Waals surface area contributed by atoms with Crippen LogP contribution in [0.25, 0.3) is 0 Å². The Morgan fingerprint density at radius 3 is 2.10 bits per heavy atom. The van der Waals surface area contributed by atoms with Gasteiger partial charge in [0.1, 0.15) is 0 Å². The van der Waals surface area contributed by atoms with E-state index in [1.54, 1.807) is 0 Å². The molecule has 0 spiro atoms. The van der Waals surface area contributed by atoms with Gasteiger partial charge < -0.3 is 5.32 Å². The summed E-state index contributed by atoms with van der Waals surface area (Å²) in [6.45, 7) is 10.9. The average Bonchev–Trinajstić information content (AvgIpc) is 1.84. The molecule has 0 bridgehead atoms. The molecule has 1 heteroatoms. The first-order chi connectivity index (χ1) is 4.50. The fraction of sp³-hybridized carbons (Fsp3) is 0.778. The average molecular weight is 141 g/mol. The molecule has 0 aliphatic rings. The van der Waals surface area contributed by atoms with Crippen molar-refractivity contribution >= 4 is 0 Å². The van der Waals surface area contributed by atoms with Crippen molar-refractivity contribution in [2.75, 3.05) is 0 Å². The first-order valence-electron chi connectivity index (χ1n) is 3.89. The quantitative estimate of drug-likeness (QED) is 0.637. The molecule has 0 radical (unpaired) electrons. The second kappa shape index (κ2) is 3.65. The maximum Gasteiger partial charge on any atom is 0.0334 e. The van der Waals surface area contributed by atoms with Crippen LogP contribution in [0.2, 0.25) is 0 Å². The predicted molar refractivity (Wildman–Crippen MR) is 46.9 cm³/mol. The molecule has 10 heavy (non-hydrogen) atoms. The molecular formula is C9H19N. The lowest BCUT2D eigenvalue weighted by molar-refractivity contribution is 0.322. The highest BCUT2D eigenvalue weighted by Gasteiger charge is 2.19. The van der Waals surface area contributed by atoms with Crippen molar-refractivity contribution < 1.29 is 0 Å². The molecule has 0 amide bonds. The molecule has 0 aromatic rings. The van der Waals surface area contributed by atoms with Crippen LogP contribution in [0.3, 0.4) is 0 Å². The smallest absolute Gasteiger partial charge is 0.0334 e. The number of allylic oxidation sites excluding steroid dienone is 1. The van der Waals surface area contributed by atoms with Gasteiger partial charge in [0, 0.05) is 5.54 Å². The van der Waals surface area contributed by atoms with Crippen LogP contribution < -0.4 is 5.32 Å². The molecule has 0 fully saturated rings. The van der Waals surface area contributed by atoms with Crippen molar-refractivity contribution in [1.82, 2.24) is 5.32 Å². The Hall–Kier alpha value is -0.460. The summed E-state index contributed by atoms with van der Waals surface area (Å²) in [4.78, 5) is 0. The van der Waals surface area contributed by atoms with Gasteiger partial charge in [-0.25, -0.2) is 0 Å². The van der Waals surface area contributed by atoms with Gasteiger partial charge in [-0.2, -0.15) is 0 Å². The van der Waals surface area contributed by atoms with Crippen LogP contribution in [-0.2, 0) is 0 Å². The molecule has 0 saturated heterocycles. The van der Waals surface area contributed by atoms with Crippen LogP contribution in [0.1, 0.15) is 34.6 Å². The minimum Gasteiger partial charge on any atom is -0.386 e. The van der Waals surface area contributed by atoms with E-state index in [1.165, 1.54) is 0 Å². The summed E-state index contributed by atoms with van der Waals surface area (Å²) in [6, 6.07) is 0. The highest BCUT2D eigenvalue weighted by Crippen LogP contribution is 2.14. The van der Waals surface area contributed by atoms with Gasteiger partial charge in [-0.15, -0.1) is 0 Å². The first kappa shape index (κ1) is 9.54. The normalized spacial score (nSPS) is 13.0. The monoisotopic (exact) mass is 141 g/mol. The zero-order chi connectivity index (χ0) is 8.20. The molecule has 60 valence electrons. The molecule has 1 N–H and O–H groups in total. The Morgan fingerprint density at radius 2 is 1.80 bits per heavy atom. The lowest BCUT2D eigenvalue weighted by Crippen LogP contribution is -2.40. The van der Waals surface area contributed by atoms with E-state index in [0.29, 0.717) is 5.92 Å². The third-order valence-corrected chi connectivity index (χ3v) is 2.07. The topological polar surface area (TPSA) is 12.0 Å². The Bertz CT molecular complexity index is 112. The highest BCUT2D eigenvalue weighted by atomic mass is 14.9. The van der Waals surface area contributed by atoms with Gasteiger partial charge in [-0.05, 0) is 32.9 Å². The molecule has 0 heterocycles. The third-order valence-electron chi connectivity index (χ3n) is 2.07. The Kier molecular flexibility index (Phi) is 3.48. The maximum absolute atomic E-state index is 3.33. The van der Waals surface area contributed by atoms with E-state index in [-0.39, 0.29) is 5.54 Å². The second-order valence-electron chi connectivity index (χ2n) is 3.52. The SMILES string of the molecule is CC=CNC(C)(C)C(C)C. The molecule has 0 aliphatic carbocycles. The van der Waals surface area contributed by atoms with Crippen molar-refractivity contribution in [2.24, 2.45) is 5.92 Å². The zero-order valence-electron chi connectivity index (χ0n) is 7.73. The van der Waals surface area contributed by atoms with E-state index >= 15 is 0 Å². The van der Waals surface area contributed by atoms with Crippen LogP contribution in [0, 0.1) is 5.92 Å². The molecule has 0 rings (SSSR count). The summed E-state index contributed by atoms with van der Waals surface area (Å²) in [5, 5.41) is 3.33. The van der Waals surface area contributed by atoms with Crippen molar-refractivity contribution in [1.29, 1.82) is 0 Å². The van der Waals surface area contributed by atoms with Gasteiger partial charge in [0.15, 0.2) is 0 Å². The van der Waals surface area contributed by atoms with Crippen molar-refractivity contribution in [3.63, 3.8) is 0 Å². The van der Waals surface area contributed by atoms with E-state index in [0.717, 1.165) is 0 Å². The second-order valence-corrected chi connectivity index (χ2v) is 3.52. The fourth-order valence-electron chi connectivity index (χ4n) is 0.465. The van der Waals surface area contributed by atoms with Crippen molar-refractivity contribution in [3.05, 3.63) is 12.3 Å². The van der Waals surface area contributed by atoms with Gasteiger partial charge in [0.05, 0.1) is 0 Å². The lowest BCUT2D eigenvalue weighted by atomic mass is 9.91. The van der Waals surface area contributed by atoms with Crippen LogP contribution in [-0.4, -0.2) is 5.54 Å². The van der Waals surface area contributed by atoms with Gasteiger partial charge in [-0.3, -0.25) is 0 Å². The standard InChI is InChI=1S/C9H19N/c1-6-7-10-9(4,5)8(2)3/h6-8,10H,1-5H3. The molecule has 0 atom stereocenters. The number of hydrogen-bond donors (Lipinski definition) is 1. The zero-order valence-corrected chi connectivity index (χ0v) is 7.73. The van der Waals surface area contributed by atoms with Crippen molar-refractivity contribution in [3.8, 4) is 0 Å². The minimum absolute atomic E-state index is 0.215. The third kappa shape index (κ3) is 2.90. The van der Waals surface area contributed by atoms with E-state index in [1.807, 2.05) is 19.2 Å². The number of hydrogen-bond acceptors (Lipinski definition) is 1. The van der Waals surface area contributed by atoms with Gasteiger partial charge >= 0.3 is 0 Å². The minimum atomic E-state index is 0.215. The summed E-state index contributed by atoms with van der Waals surface area (Å²) < 4.78 is 0. The van der Waals surface area contributed by atoms with Crippen LogP contribution in [0.4, 0.5) is 0 Å². The van der Waals surface area contributed by atoms with Gasteiger partial charge in [-0.1, -0.05) is 19.9 Å². The van der Waals surface area contributed by atoms with Gasteiger partial charge in [0.25, 0.3) is 0 Å². The lowest BCUT2D eigenvalue weighted by Gasteiger charge is -2.29. The fourth-order valence-corrected chi connectivity index (χ4v) is 0.465. The van der Waals surface area contributed by atoms with E-state index in [2.05, 4.69) is 33.0 Å². The molecule has 0 saturated carbocycles. The Morgan fingerprint density at radius 1 is 1.30 bits per heavy atom. The summed E-state index contributed by atoms with van der Waals surface area (Å²) >= 11 is 0. The molecular weight excluding hydrogens is 122 g/mol. The highest BCUT2D eigenvalue weighted by molar-refractivity contribution is 4.88. The predicted octanol–water partition coefficient (Wildman–Crippen LogP) is 2.54. The van der Waals surface area contributed by atoms with E-state index in [4.69, 9.17) is 0 Å². The molecule has 0 aliphatic heterocycles. The first-order valence-corrected chi connectivity index (χ1v) is 3.89. The van der Waals surface area contributed by atoms with Crippen LogP contribution >= 0.6 is 0 Å².